The van der Waals surface area contributed by atoms with Crippen LogP contribution in [-0.2, 0) is 27.4 Å². The molecule has 1 unspecified atom stereocenters. The lowest BCUT2D eigenvalue weighted by Crippen LogP contribution is -2.49. The van der Waals surface area contributed by atoms with Crippen LogP contribution in [0.1, 0.15) is 11.3 Å². The molecule has 0 saturated heterocycles. The molecule has 132 valence electrons. The molecule has 1 heterocycles. The van der Waals surface area contributed by atoms with E-state index >= 15 is 0 Å². The van der Waals surface area contributed by atoms with E-state index in [0.717, 1.165) is 5.56 Å². The van der Waals surface area contributed by atoms with Gasteiger partial charge in [0.2, 0.25) is 11.8 Å². The average molecular weight is 345 g/mol. The van der Waals surface area contributed by atoms with E-state index in [9.17, 15) is 14.4 Å². The number of alkyl carbamates (subject to hydrolysis) is 1. The highest BCUT2D eigenvalue weighted by Crippen LogP contribution is 2.00. The Kier molecular flexibility index (Phi) is 6.52. The van der Waals surface area contributed by atoms with Crippen LogP contribution in [0.25, 0.3) is 0 Å². The van der Waals surface area contributed by atoms with E-state index in [0.29, 0.717) is 5.69 Å². The lowest BCUT2D eigenvalue weighted by Gasteiger charge is -2.15. The first-order chi connectivity index (χ1) is 12.0. The monoisotopic (exact) mass is 345 g/mol. The molecule has 25 heavy (non-hydrogen) atoms. The Bertz CT molecular complexity index is 703. The summed E-state index contributed by atoms with van der Waals surface area (Å²) in [6.07, 6.45) is 2.43. The Balaban J connectivity index is 1.72. The molecular formula is C16H19N5O4. The molecule has 1 aromatic heterocycles. The van der Waals surface area contributed by atoms with E-state index in [-0.39, 0.29) is 19.6 Å². The van der Waals surface area contributed by atoms with Crippen molar-refractivity contribution >= 4 is 17.9 Å². The number of imidazole rings is 1. The highest BCUT2D eigenvalue weighted by atomic mass is 16.5. The van der Waals surface area contributed by atoms with Crippen molar-refractivity contribution in [3.63, 3.8) is 0 Å². The molecule has 1 atom stereocenters. The van der Waals surface area contributed by atoms with E-state index in [4.69, 9.17) is 10.5 Å². The van der Waals surface area contributed by atoms with Crippen LogP contribution in [0.3, 0.4) is 0 Å². The van der Waals surface area contributed by atoms with Crippen LogP contribution < -0.4 is 16.4 Å². The number of carbonyl (C=O) groups excluding carboxylic acids is 3. The first kappa shape index (κ1) is 18.0. The normalized spacial score (nSPS) is 11.4. The molecule has 0 bridgehead atoms. The second-order valence-electron chi connectivity index (χ2n) is 5.22. The largest absolute Gasteiger partial charge is 0.445 e. The minimum absolute atomic E-state index is 0.0953. The number of hydrogen-bond donors (Lipinski definition) is 4. The van der Waals surface area contributed by atoms with Gasteiger partial charge >= 0.3 is 6.09 Å². The van der Waals surface area contributed by atoms with Gasteiger partial charge in [-0.25, -0.2) is 9.78 Å². The molecule has 1 aromatic carbocycles. The van der Waals surface area contributed by atoms with Crippen LogP contribution in [0.5, 0.6) is 0 Å². The van der Waals surface area contributed by atoms with Crippen molar-refractivity contribution in [1.29, 1.82) is 0 Å². The van der Waals surface area contributed by atoms with Crippen LogP contribution in [0, 0.1) is 0 Å². The molecule has 0 saturated carbocycles. The first-order valence-electron chi connectivity index (χ1n) is 7.55. The van der Waals surface area contributed by atoms with Crippen LogP contribution >= 0.6 is 0 Å². The maximum atomic E-state index is 11.9. The SMILES string of the molecule is NC(=O)C(Cc1cnc[nH]1)NC(=O)CNC(=O)OCc1ccccc1. The second-order valence-corrected chi connectivity index (χ2v) is 5.22. The van der Waals surface area contributed by atoms with Crippen molar-refractivity contribution in [1.82, 2.24) is 20.6 Å². The van der Waals surface area contributed by atoms with Gasteiger partial charge in [0.05, 0.1) is 6.33 Å². The number of primary amides is 1. The molecule has 0 radical (unpaired) electrons. The molecule has 2 rings (SSSR count). The molecule has 3 amide bonds. The zero-order valence-corrected chi connectivity index (χ0v) is 13.4. The molecule has 0 fully saturated rings. The van der Waals surface area contributed by atoms with E-state index in [2.05, 4.69) is 20.6 Å². The number of carbonyl (C=O) groups is 3. The van der Waals surface area contributed by atoms with Gasteiger partial charge in [-0.1, -0.05) is 30.3 Å². The van der Waals surface area contributed by atoms with Crippen LogP contribution in [0.2, 0.25) is 0 Å². The van der Waals surface area contributed by atoms with E-state index in [1.807, 2.05) is 30.3 Å². The standard InChI is InChI=1S/C16H19N5O4/c17-15(23)13(6-12-7-18-10-20-12)21-14(22)8-19-16(24)25-9-11-4-2-1-3-5-11/h1-5,7,10,13H,6,8-9H2,(H2,17,23)(H,18,20)(H,19,24)(H,21,22). The number of nitrogens with zero attached hydrogens (tertiary/aromatic N) is 1. The number of nitrogens with one attached hydrogen (secondary N) is 3. The van der Waals surface area contributed by atoms with Crippen molar-refractivity contribution in [2.75, 3.05) is 6.54 Å². The quantitative estimate of drug-likeness (QED) is 0.527. The number of amides is 3. The number of rotatable bonds is 8. The van der Waals surface area contributed by atoms with Gasteiger partial charge in [0.1, 0.15) is 19.2 Å². The van der Waals surface area contributed by atoms with E-state index in [1.165, 1.54) is 12.5 Å². The number of ether oxygens (including phenoxy) is 1. The molecule has 9 heteroatoms. The topological polar surface area (TPSA) is 139 Å². The molecule has 5 N–H and O–H groups in total. The minimum Gasteiger partial charge on any atom is -0.445 e. The zero-order valence-electron chi connectivity index (χ0n) is 13.4. The lowest BCUT2D eigenvalue weighted by atomic mass is 10.1. The fraction of sp³-hybridized carbons (Fsp3) is 0.250. The van der Waals surface area contributed by atoms with Crippen LogP contribution in [0.15, 0.2) is 42.9 Å². The van der Waals surface area contributed by atoms with Gasteiger partial charge in [-0.3, -0.25) is 9.59 Å². The summed E-state index contributed by atoms with van der Waals surface area (Å²) in [5.41, 5.74) is 6.75. The maximum Gasteiger partial charge on any atom is 0.407 e. The number of benzene rings is 1. The van der Waals surface area contributed by atoms with Crippen LogP contribution in [0.4, 0.5) is 4.79 Å². The lowest BCUT2D eigenvalue weighted by molar-refractivity contribution is -0.126. The van der Waals surface area contributed by atoms with Gasteiger partial charge in [0.25, 0.3) is 0 Å². The Morgan fingerprint density at radius 3 is 2.64 bits per heavy atom. The summed E-state index contributed by atoms with van der Waals surface area (Å²) in [6, 6.07) is 8.23. The molecular weight excluding hydrogens is 326 g/mol. The fourth-order valence-electron chi connectivity index (χ4n) is 2.01. The summed E-state index contributed by atoms with van der Waals surface area (Å²) >= 11 is 0. The summed E-state index contributed by atoms with van der Waals surface area (Å²) in [6.45, 7) is -0.238. The third-order valence-electron chi connectivity index (χ3n) is 3.26. The predicted octanol–water partition coefficient (Wildman–Crippen LogP) is -0.151. The molecule has 0 spiro atoms. The maximum absolute atomic E-state index is 11.9. The number of aromatic amines is 1. The third-order valence-corrected chi connectivity index (χ3v) is 3.26. The number of aromatic nitrogens is 2. The van der Waals surface area contributed by atoms with Crippen molar-refractivity contribution in [3.8, 4) is 0 Å². The number of hydrogen-bond acceptors (Lipinski definition) is 5. The first-order valence-corrected chi connectivity index (χ1v) is 7.55. The number of H-pyrrole nitrogens is 1. The highest BCUT2D eigenvalue weighted by Gasteiger charge is 2.19. The Hall–Kier alpha value is -3.36. The van der Waals surface area contributed by atoms with Gasteiger partial charge in [-0.05, 0) is 5.56 Å². The Labute approximate surface area is 144 Å². The van der Waals surface area contributed by atoms with Gasteiger partial charge in [-0.15, -0.1) is 0 Å². The molecule has 2 aromatic rings. The fourth-order valence-corrected chi connectivity index (χ4v) is 2.01. The van der Waals surface area contributed by atoms with Gasteiger partial charge in [0.15, 0.2) is 0 Å². The van der Waals surface area contributed by atoms with Crippen molar-refractivity contribution in [2.45, 2.75) is 19.1 Å². The molecule has 0 aliphatic rings. The van der Waals surface area contributed by atoms with Gasteiger partial charge in [0, 0.05) is 18.3 Å². The smallest absolute Gasteiger partial charge is 0.407 e. The molecule has 0 aliphatic heterocycles. The molecule has 9 nitrogen and oxygen atoms in total. The van der Waals surface area contributed by atoms with Gasteiger partial charge < -0.3 is 26.1 Å². The minimum atomic E-state index is -0.907. The summed E-state index contributed by atoms with van der Waals surface area (Å²) in [5, 5.41) is 4.76. The second kappa shape index (κ2) is 9.06. The number of nitrogens with two attached hydrogens (primary N) is 1. The average Bonchev–Trinajstić information content (AvgIpc) is 3.11. The van der Waals surface area contributed by atoms with E-state index in [1.54, 1.807) is 0 Å². The summed E-state index contributed by atoms with van der Waals surface area (Å²) < 4.78 is 4.98. The molecule has 0 aliphatic carbocycles. The van der Waals surface area contributed by atoms with Crippen molar-refractivity contribution < 1.29 is 19.1 Å². The van der Waals surface area contributed by atoms with Crippen molar-refractivity contribution in [2.24, 2.45) is 5.73 Å². The Morgan fingerprint density at radius 2 is 2.00 bits per heavy atom. The van der Waals surface area contributed by atoms with E-state index < -0.39 is 23.9 Å². The summed E-state index contributed by atoms with van der Waals surface area (Å²) in [4.78, 5) is 41.5. The predicted molar refractivity (Wildman–Crippen MR) is 88.0 cm³/mol. The van der Waals surface area contributed by atoms with Crippen molar-refractivity contribution in [3.05, 3.63) is 54.1 Å². The van der Waals surface area contributed by atoms with Crippen LogP contribution in [-0.4, -0.2) is 40.5 Å². The zero-order chi connectivity index (χ0) is 18.1. The summed E-state index contributed by atoms with van der Waals surface area (Å²) in [5.74, 6) is -1.24. The Morgan fingerprint density at radius 1 is 1.24 bits per heavy atom. The summed E-state index contributed by atoms with van der Waals surface area (Å²) in [7, 11) is 0. The van der Waals surface area contributed by atoms with Gasteiger partial charge in [-0.2, -0.15) is 0 Å². The third kappa shape index (κ3) is 6.34. The highest BCUT2D eigenvalue weighted by molar-refractivity contribution is 5.88.